The van der Waals surface area contributed by atoms with Gasteiger partial charge in [-0.1, -0.05) is 6.92 Å². The Morgan fingerprint density at radius 2 is 2.06 bits per heavy atom. The molecule has 1 atom stereocenters. The fraction of sp³-hybridized carbons (Fsp3) is 0.909. The van der Waals surface area contributed by atoms with Crippen LogP contribution >= 0.6 is 0 Å². The van der Waals surface area contributed by atoms with E-state index in [4.69, 9.17) is 10.00 Å². The highest BCUT2D eigenvalue weighted by molar-refractivity contribution is 7.90. The molecular formula is C11H20N2O3S. The Labute approximate surface area is 103 Å². The zero-order chi connectivity index (χ0) is 12.9. The lowest BCUT2D eigenvalue weighted by atomic mass is 9.99. The molecule has 0 saturated carbocycles. The van der Waals surface area contributed by atoms with Crippen molar-refractivity contribution in [1.29, 1.82) is 5.26 Å². The summed E-state index contributed by atoms with van der Waals surface area (Å²) in [5.41, 5.74) is 0. The average molecular weight is 260 g/mol. The Bertz CT molecular complexity index is 367. The lowest BCUT2D eigenvalue weighted by Crippen LogP contribution is -2.43. The number of ether oxygens (including phenoxy) is 1. The third-order valence-electron chi connectivity index (χ3n) is 3.21. The molecule has 0 bridgehead atoms. The van der Waals surface area contributed by atoms with Crippen molar-refractivity contribution in [1.82, 2.24) is 4.31 Å². The Hall–Kier alpha value is -0.640. The minimum atomic E-state index is -3.43. The fourth-order valence-electron chi connectivity index (χ4n) is 2.11. The van der Waals surface area contributed by atoms with Crippen LogP contribution in [0.1, 0.15) is 26.2 Å². The van der Waals surface area contributed by atoms with E-state index >= 15 is 0 Å². The molecule has 1 saturated heterocycles. The minimum Gasteiger partial charge on any atom is -0.384 e. The maximum atomic E-state index is 12.1. The van der Waals surface area contributed by atoms with Crippen molar-refractivity contribution in [2.24, 2.45) is 5.92 Å². The van der Waals surface area contributed by atoms with Gasteiger partial charge in [0.05, 0.1) is 6.07 Å². The monoisotopic (exact) mass is 260 g/mol. The number of sulfonamides is 1. The molecule has 1 aliphatic rings. The summed E-state index contributed by atoms with van der Waals surface area (Å²) in [7, 11) is -1.77. The molecule has 98 valence electrons. The number of hydrogen-bond acceptors (Lipinski definition) is 4. The summed E-state index contributed by atoms with van der Waals surface area (Å²) in [6, 6.07) is 1.87. The van der Waals surface area contributed by atoms with Gasteiger partial charge in [-0.15, -0.1) is 0 Å². The van der Waals surface area contributed by atoms with Crippen molar-refractivity contribution < 1.29 is 13.2 Å². The second-order valence-electron chi connectivity index (χ2n) is 4.37. The Balaban J connectivity index is 2.62. The topological polar surface area (TPSA) is 70.4 Å². The maximum Gasteiger partial charge on any atom is 0.230 e. The van der Waals surface area contributed by atoms with Gasteiger partial charge in [-0.05, 0) is 25.2 Å². The molecule has 6 heteroatoms. The van der Waals surface area contributed by atoms with Crippen LogP contribution in [0.25, 0.3) is 0 Å². The van der Waals surface area contributed by atoms with Gasteiger partial charge >= 0.3 is 0 Å². The molecule has 0 aromatic carbocycles. The van der Waals surface area contributed by atoms with E-state index in [1.165, 1.54) is 4.31 Å². The van der Waals surface area contributed by atoms with E-state index in [2.05, 4.69) is 0 Å². The highest BCUT2D eigenvalue weighted by Gasteiger charge is 2.33. The van der Waals surface area contributed by atoms with Gasteiger partial charge in [0.25, 0.3) is 0 Å². The van der Waals surface area contributed by atoms with Gasteiger partial charge in [0.2, 0.25) is 10.0 Å². The number of methoxy groups -OCH3 is 1. The van der Waals surface area contributed by atoms with Crippen molar-refractivity contribution in [3.05, 3.63) is 0 Å². The maximum absolute atomic E-state index is 12.1. The molecule has 1 aliphatic heterocycles. The first-order chi connectivity index (χ1) is 8.06. The molecule has 0 N–H and O–H groups in total. The zero-order valence-corrected chi connectivity index (χ0v) is 11.2. The van der Waals surface area contributed by atoms with Gasteiger partial charge in [-0.25, -0.2) is 12.7 Å². The Kier molecular flexibility index (Phi) is 5.37. The highest BCUT2D eigenvalue weighted by atomic mass is 32.2. The van der Waals surface area contributed by atoms with Crippen molar-refractivity contribution in [2.75, 3.05) is 26.8 Å². The first-order valence-electron chi connectivity index (χ1n) is 5.93. The number of nitrogens with zero attached hydrogens (tertiary/aromatic N) is 2. The second kappa shape index (κ2) is 6.34. The van der Waals surface area contributed by atoms with Crippen LogP contribution in [-0.4, -0.2) is 44.8 Å². The first kappa shape index (κ1) is 14.4. The summed E-state index contributed by atoms with van der Waals surface area (Å²) in [5, 5.41) is 7.95. The Morgan fingerprint density at radius 3 is 2.47 bits per heavy atom. The number of hydrogen-bond donors (Lipinski definition) is 0. The van der Waals surface area contributed by atoms with Crippen LogP contribution in [0.2, 0.25) is 0 Å². The minimum absolute atomic E-state index is 0.344. The van der Waals surface area contributed by atoms with E-state index in [0.29, 0.717) is 32.0 Å². The van der Waals surface area contributed by atoms with Gasteiger partial charge in [0.15, 0.2) is 5.25 Å². The normalized spacial score (nSPS) is 21.0. The smallest absolute Gasteiger partial charge is 0.230 e. The predicted octanol–water partition coefficient (Wildman–Crippen LogP) is 0.977. The van der Waals surface area contributed by atoms with Crippen LogP contribution in [0.15, 0.2) is 0 Å². The van der Waals surface area contributed by atoms with Crippen LogP contribution in [0.4, 0.5) is 0 Å². The molecule has 1 heterocycles. The highest BCUT2D eigenvalue weighted by Crippen LogP contribution is 2.22. The predicted molar refractivity (Wildman–Crippen MR) is 64.8 cm³/mol. The molecule has 0 radical (unpaired) electrons. The van der Waals surface area contributed by atoms with Crippen LogP contribution in [-0.2, 0) is 14.8 Å². The molecule has 1 unspecified atom stereocenters. The number of rotatable bonds is 5. The number of nitriles is 1. The lowest BCUT2D eigenvalue weighted by molar-refractivity contribution is 0.121. The molecule has 17 heavy (non-hydrogen) atoms. The van der Waals surface area contributed by atoms with E-state index in [-0.39, 0.29) is 0 Å². The van der Waals surface area contributed by atoms with Gasteiger partial charge in [-0.2, -0.15) is 5.26 Å². The molecular weight excluding hydrogens is 240 g/mol. The summed E-state index contributed by atoms with van der Waals surface area (Å²) >= 11 is 0. The van der Waals surface area contributed by atoms with E-state index in [0.717, 1.165) is 12.8 Å². The number of piperidine rings is 1. The summed E-state index contributed by atoms with van der Waals surface area (Å²) in [5.74, 6) is 0.439. The quantitative estimate of drug-likeness (QED) is 0.738. The van der Waals surface area contributed by atoms with Crippen LogP contribution in [0, 0.1) is 17.2 Å². The van der Waals surface area contributed by atoms with Gasteiger partial charge in [0, 0.05) is 26.8 Å². The largest absolute Gasteiger partial charge is 0.384 e. The van der Waals surface area contributed by atoms with E-state index in [1.807, 2.05) is 6.07 Å². The molecule has 0 aromatic rings. The average Bonchev–Trinajstić information content (AvgIpc) is 2.31. The zero-order valence-electron chi connectivity index (χ0n) is 10.4. The third kappa shape index (κ3) is 3.41. The molecule has 0 aliphatic carbocycles. The summed E-state index contributed by atoms with van der Waals surface area (Å²) in [4.78, 5) is 0. The Morgan fingerprint density at radius 1 is 1.47 bits per heavy atom. The van der Waals surface area contributed by atoms with Gasteiger partial charge < -0.3 is 4.74 Å². The summed E-state index contributed by atoms with van der Waals surface area (Å²) in [6.45, 7) is 3.43. The fourth-order valence-corrected chi connectivity index (χ4v) is 3.75. The first-order valence-corrected chi connectivity index (χ1v) is 7.44. The van der Waals surface area contributed by atoms with Crippen molar-refractivity contribution >= 4 is 10.0 Å². The van der Waals surface area contributed by atoms with Crippen molar-refractivity contribution in [3.8, 4) is 6.07 Å². The second-order valence-corrected chi connectivity index (χ2v) is 6.48. The van der Waals surface area contributed by atoms with Crippen LogP contribution in [0.5, 0.6) is 0 Å². The van der Waals surface area contributed by atoms with Crippen molar-refractivity contribution in [3.63, 3.8) is 0 Å². The molecule has 0 aromatic heterocycles. The van der Waals surface area contributed by atoms with Crippen molar-refractivity contribution in [2.45, 2.75) is 31.4 Å². The SMILES string of the molecule is CCC(C#N)S(=O)(=O)N1CCC(COC)CC1. The lowest BCUT2D eigenvalue weighted by Gasteiger charge is -2.31. The van der Waals surface area contributed by atoms with E-state index < -0.39 is 15.3 Å². The van der Waals surface area contributed by atoms with E-state index in [9.17, 15) is 8.42 Å². The molecule has 0 amide bonds. The molecule has 0 spiro atoms. The molecule has 1 rings (SSSR count). The van der Waals surface area contributed by atoms with Crippen LogP contribution in [0.3, 0.4) is 0 Å². The molecule has 1 fully saturated rings. The summed E-state index contributed by atoms with van der Waals surface area (Å²) in [6.07, 6.45) is 1.97. The third-order valence-corrected chi connectivity index (χ3v) is 5.45. The molecule has 5 nitrogen and oxygen atoms in total. The standard InChI is InChI=1S/C11H20N2O3S/c1-3-11(8-12)17(14,15)13-6-4-10(5-7-13)9-16-2/h10-11H,3-7,9H2,1-2H3. The van der Waals surface area contributed by atoms with E-state index in [1.54, 1.807) is 14.0 Å². The summed E-state index contributed by atoms with van der Waals surface area (Å²) < 4.78 is 30.7. The van der Waals surface area contributed by atoms with Gasteiger partial charge in [-0.3, -0.25) is 0 Å². The van der Waals surface area contributed by atoms with Crippen LogP contribution < -0.4 is 0 Å². The van der Waals surface area contributed by atoms with Gasteiger partial charge in [0.1, 0.15) is 0 Å².